The Morgan fingerprint density at radius 3 is 2.86 bits per heavy atom. The van der Waals surface area contributed by atoms with Crippen molar-refractivity contribution < 1.29 is 4.74 Å². The maximum atomic E-state index is 12.4. The van der Waals surface area contributed by atoms with Gasteiger partial charge >= 0.3 is 0 Å². The summed E-state index contributed by atoms with van der Waals surface area (Å²) in [6.45, 7) is 0.328. The monoisotopic (exact) mass is 345 g/mol. The molecular weight excluding hydrogens is 334 g/mol. The van der Waals surface area contributed by atoms with Crippen molar-refractivity contribution in [2.45, 2.75) is 6.54 Å². The van der Waals surface area contributed by atoms with Gasteiger partial charge in [0.1, 0.15) is 11.3 Å². The van der Waals surface area contributed by atoms with E-state index in [1.54, 1.807) is 19.2 Å². The molecule has 0 aliphatic carbocycles. The third-order valence-electron chi connectivity index (χ3n) is 3.20. The summed E-state index contributed by atoms with van der Waals surface area (Å²) in [5, 5.41) is 8.63. The molecule has 0 bridgehead atoms. The highest BCUT2D eigenvalue weighted by Gasteiger charge is 2.08. The standard InChI is InChI=1S/C15H12BrN3O2/c1-21-11-6-7-13(16)10(8-11)9-19-15(20)12-4-2-3-5-14(12)17-18-19/h2-8H,9H2,1H3. The highest BCUT2D eigenvalue weighted by Crippen LogP contribution is 2.22. The van der Waals surface area contributed by atoms with E-state index in [0.29, 0.717) is 17.4 Å². The van der Waals surface area contributed by atoms with E-state index in [1.807, 2.05) is 30.3 Å². The molecule has 0 N–H and O–H groups in total. The van der Waals surface area contributed by atoms with Gasteiger partial charge in [0.05, 0.1) is 19.0 Å². The first-order valence-electron chi connectivity index (χ1n) is 6.34. The van der Waals surface area contributed by atoms with E-state index in [2.05, 4.69) is 26.2 Å². The number of fused-ring (bicyclic) bond motifs is 1. The number of rotatable bonds is 3. The lowest BCUT2D eigenvalue weighted by Gasteiger charge is -2.08. The second-order valence-electron chi connectivity index (χ2n) is 4.53. The molecule has 0 amide bonds. The molecule has 0 radical (unpaired) electrons. The van der Waals surface area contributed by atoms with E-state index in [9.17, 15) is 4.79 Å². The number of ether oxygens (including phenoxy) is 1. The third-order valence-corrected chi connectivity index (χ3v) is 3.98. The van der Waals surface area contributed by atoms with Crippen molar-refractivity contribution in [1.82, 2.24) is 15.0 Å². The molecule has 2 aromatic carbocycles. The number of hydrogen-bond donors (Lipinski definition) is 0. The van der Waals surface area contributed by atoms with Crippen molar-refractivity contribution in [3.8, 4) is 5.75 Å². The summed E-state index contributed by atoms with van der Waals surface area (Å²) in [5.41, 5.74) is 1.35. The van der Waals surface area contributed by atoms with Gasteiger partial charge < -0.3 is 4.74 Å². The van der Waals surface area contributed by atoms with Crippen LogP contribution in [0.3, 0.4) is 0 Å². The van der Waals surface area contributed by atoms with Crippen molar-refractivity contribution in [2.24, 2.45) is 0 Å². The zero-order valence-electron chi connectivity index (χ0n) is 11.3. The Hall–Kier alpha value is -2.21. The average Bonchev–Trinajstić information content (AvgIpc) is 2.52. The van der Waals surface area contributed by atoms with Gasteiger partial charge in [0.25, 0.3) is 5.56 Å². The molecule has 21 heavy (non-hydrogen) atoms. The van der Waals surface area contributed by atoms with Crippen LogP contribution >= 0.6 is 15.9 Å². The third kappa shape index (κ3) is 2.67. The minimum Gasteiger partial charge on any atom is -0.497 e. The van der Waals surface area contributed by atoms with Crippen LogP contribution in [0, 0.1) is 0 Å². The normalized spacial score (nSPS) is 10.8. The lowest BCUT2D eigenvalue weighted by Crippen LogP contribution is -2.24. The van der Waals surface area contributed by atoms with Crippen LogP contribution in [0.4, 0.5) is 0 Å². The molecule has 3 aromatic rings. The largest absolute Gasteiger partial charge is 0.497 e. The van der Waals surface area contributed by atoms with Crippen LogP contribution in [0.15, 0.2) is 51.7 Å². The van der Waals surface area contributed by atoms with Crippen molar-refractivity contribution in [1.29, 1.82) is 0 Å². The maximum Gasteiger partial charge on any atom is 0.277 e. The Balaban J connectivity index is 2.06. The van der Waals surface area contributed by atoms with Crippen LogP contribution in [0.1, 0.15) is 5.56 Å². The molecule has 0 aliphatic rings. The fourth-order valence-corrected chi connectivity index (χ4v) is 2.46. The number of benzene rings is 2. The molecule has 0 spiro atoms. The Morgan fingerprint density at radius 2 is 2.05 bits per heavy atom. The molecule has 0 unspecified atom stereocenters. The van der Waals surface area contributed by atoms with E-state index in [1.165, 1.54) is 4.68 Å². The molecule has 0 saturated heterocycles. The van der Waals surface area contributed by atoms with Gasteiger partial charge in [0, 0.05) is 4.47 Å². The Kier molecular flexibility index (Phi) is 3.70. The molecule has 0 atom stereocenters. The minimum absolute atomic E-state index is 0.157. The second-order valence-corrected chi connectivity index (χ2v) is 5.38. The molecular formula is C15H12BrN3O2. The van der Waals surface area contributed by atoms with Gasteiger partial charge in [-0.3, -0.25) is 4.79 Å². The molecule has 0 aliphatic heterocycles. The molecule has 3 rings (SSSR count). The molecule has 5 nitrogen and oxygen atoms in total. The zero-order valence-corrected chi connectivity index (χ0v) is 12.9. The first-order valence-corrected chi connectivity index (χ1v) is 7.13. The SMILES string of the molecule is COc1ccc(Br)c(Cn2nnc3ccccc3c2=O)c1. The van der Waals surface area contributed by atoms with Gasteiger partial charge in [-0.2, -0.15) is 0 Å². The summed E-state index contributed by atoms with van der Waals surface area (Å²) in [4.78, 5) is 12.4. The highest BCUT2D eigenvalue weighted by atomic mass is 79.9. The van der Waals surface area contributed by atoms with Crippen LogP contribution < -0.4 is 10.3 Å². The number of halogens is 1. The molecule has 6 heteroatoms. The summed E-state index contributed by atoms with van der Waals surface area (Å²) >= 11 is 3.47. The topological polar surface area (TPSA) is 57.0 Å². The zero-order chi connectivity index (χ0) is 14.8. The fraction of sp³-hybridized carbons (Fsp3) is 0.133. The van der Waals surface area contributed by atoms with Gasteiger partial charge in [-0.1, -0.05) is 33.3 Å². The average molecular weight is 346 g/mol. The van der Waals surface area contributed by atoms with E-state index >= 15 is 0 Å². The number of methoxy groups -OCH3 is 1. The molecule has 1 heterocycles. The van der Waals surface area contributed by atoms with Crippen LogP contribution in [0.2, 0.25) is 0 Å². The first-order chi connectivity index (χ1) is 10.2. The van der Waals surface area contributed by atoms with Crippen LogP contribution in [-0.4, -0.2) is 22.1 Å². The van der Waals surface area contributed by atoms with Crippen molar-refractivity contribution in [2.75, 3.05) is 7.11 Å². The van der Waals surface area contributed by atoms with E-state index < -0.39 is 0 Å². The molecule has 1 aromatic heterocycles. The van der Waals surface area contributed by atoms with Gasteiger partial charge in [-0.05, 0) is 35.9 Å². The highest BCUT2D eigenvalue weighted by molar-refractivity contribution is 9.10. The van der Waals surface area contributed by atoms with Gasteiger partial charge in [0.2, 0.25) is 0 Å². The van der Waals surface area contributed by atoms with Crippen LogP contribution in [-0.2, 0) is 6.54 Å². The molecule has 0 saturated carbocycles. The van der Waals surface area contributed by atoms with Gasteiger partial charge in [0.15, 0.2) is 0 Å². The smallest absolute Gasteiger partial charge is 0.277 e. The number of aromatic nitrogens is 3. The first kappa shape index (κ1) is 13.8. The maximum absolute atomic E-state index is 12.4. The van der Waals surface area contributed by atoms with Crippen molar-refractivity contribution in [3.05, 3.63) is 62.9 Å². The van der Waals surface area contributed by atoms with Crippen molar-refractivity contribution in [3.63, 3.8) is 0 Å². The molecule has 0 fully saturated rings. The summed E-state index contributed by atoms with van der Waals surface area (Å²) in [7, 11) is 1.61. The minimum atomic E-state index is -0.157. The predicted molar refractivity (Wildman–Crippen MR) is 83.6 cm³/mol. The fourth-order valence-electron chi connectivity index (χ4n) is 2.09. The van der Waals surface area contributed by atoms with Gasteiger partial charge in [-0.15, -0.1) is 5.10 Å². The Bertz CT molecular complexity index is 861. The Morgan fingerprint density at radius 1 is 1.24 bits per heavy atom. The van der Waals surface area contributed by atoms with Crippen LogP contribution in [0.25, 0.3) is 10.9 Å². The van der Waals surface area contributed by atoms with Crippen LogP contribution in [0.5, 0.6) is 5.75 Å². The lowest BCUT2D eigenvalue weighted by atomic mass is 10.2. The van der Waals surface area contributed by atoms with Crippen molar-refractivity contribution >= 4 is 26.8 Å². The predicted octanol–water partition coefficient (Wildman–Crippen LogP) is 2.61. The van der Waals surface area contributed by atoms with Gasteiger partial charge in [-0.25, -0.2) is 4.68 Å². The Labute approximate surface area is 129 Å². The molecule has 106 valence electrons. The summed E-state index contributed by atoms with van der Waals surface area (Å²) in [6, 6.07) is 12.8. The second kappa shape index (κ2) is 5.65. The summed E-state index contributed by atoms with van der Waals surface area (Å²) < 4.78 is 7.45. The van der Waals surface area contributed by atoms with E-state index in [4.69, 9.17) is 4.74 Å². The summed E-state index contributed by atoms with van der Waals surface area (Å²) in [5.74, 6) is 0.731. The van der Waals surface area contributed by atoms with E-state index in [0.717, 1.165) is 15.8 Å². The lowest BCUT2D eigenvalue weighted by molar-refractivity contribution is 0.413. The van der Waals surface area contributed by atoms with E-state index in [-0.39, 0.29) is 5.56 Å². The summed E-state index contributed by atoms with van der Waals surface area (Å²) in [6.07, 6.45) is 0. The number of hydrogen-bond acceptors (Lipinski definition) is 4. The number of nitrogens with zero attached hydrogens (tertiary/aromatic N) is 3. The quantitative estimate of drug-likeness (QED) is 0.732.